The number of hydrogen-bond donors (Lipinski definition) is 1. The van der Waals surface area contributed by atoms with Crippen LogP contribution in [0, 0.1) is 6.92 Å². The number of anilines is 1. The van der Waals surface area contributed by atoms with Gasteiger partial charge < -0.3 is 10.7 Å². The third-order valence-electron chi connectivity index (χ3n) is 3.67. The fourth-order valence-electron chi connectivity index (χ4n) is 2.25. The Morgan fingerprint density at radius 2 is 1.95 bits per heavy atom. The summed E-state index contributed by atoms with van der Waals surface area (Å²) in [5.74, 6) is -0.291. The second-order valence-electron chi connectivity index (χ2n) is 4.90. The summed E-state index contributed by atoms with van der Waals surface area (Å²) in [6.07, 6.45) is 1.69. The Balaban J connectivity index is 3.04. The van der Waals surface area contributed by atoms with Crippen molar-refractivity contribution in [1.29, 1.82) is 0 Å². The van der Waals surface area contributed by atoms with Crippen LogP contribution < -0.4 is 10.7 Å². The molecule has 0 spiro atoms. The first kappa shape index (κ1) is 15.5. The molecule has 0 aliphatic rings. The van der Waals surface area contributed by atoms with Gasteiger partial charge in [-0.05, 0) is 37.0 Å². The summed E-state index contributed by atoms with van der Waals surface area (Å²) in [5, 5.41) is 3.91. The predicted molar refractivity (Wildman–Crippen MR) is 80.0 cm³/mol. The molecule has 4 heteroatoms. The largest absolute Gasteiger partial charge is 0.368 e. The molecule has 1 amide bonds. The van der Waals surface area contributed by atoms with Crippen LogP contribution in [0.25, 0.3) is 0 Å². The van der Waals surface area contributed by atoms with E-state index in [0.29, 0.717) is 6.42 Å². The minimum atomic E-state index is -0.291. The smallest absolute Gasteiger partial charge is 0.236 e. The van der Waals surface area contributed by atoms with Crippen LogP contribution >= 0.6 is 0 Å². The molecular formula is C15H25N3O. The molecule has 0 bridgehead atoms. The van der Waals surface area contributed by atoms with Crippen molar-refractivity contribution >= 4 is 11.6 Å². The van der Waals surface area contributed by atoms with Crippen LogP contribution in [0.15, 0.2) is 18.2 Å². The first-order chi connectivity index (χ1) is 8.92. The lowest BCUT2D eigenvalue weighted by Crippen LogP contribution is -2.50. The summed E-state index contributed by atoms with van der Waals surface area (Å²) in [6, 6.07) is 6.14. The van der Waals surface area contributed by atoms with Crippen LogP contribution in [0.5, 0.6) is 0 Å². The van der Waals surface area contributed by atoms with Gasteiger partial charge in [0.15, 0.2) is 0 Å². The number of aryl methyl sites for hydroxylation is 2. The highest BCUT2D eigenvalue weighted by Crippen LogP contribution is 2.23. The normalized spacial score (nSPS) is 12.5. The molecule has 1 rings (SSSR count). The predicted octanol–water partition coefficient (Wildman–Crippen LogP) is 2.10. The average molecular weight is 263 g/mol. The van der Waals surface area contributed by atoms with Crippen molar-refractivity contribution in [1.82, 2.24) is 5.01 Å². The molecule has 2 N–H and O–H groups in total. The number of carbonyl (C=O) groups excluding carboxylic acids is 1. The molecule has 4 nitrogen and oxygen atoms in total. The molecule has 1 aromatic carbocycles. The van der Waals surface area contributed by atoms with Crippen LogP contribution in [0.2, 0.25) is 0 Å². The van der Waals surface area contributed by atoms with Crippen LogP contribution in [-0.2, 0) is 11.2 Å². The number of likely N-dealkylation sites (N-methyl/N-ethyl adjacent to an activating group) is 1. The summed E-state index contributed by atoms with van der Waals surface area (Å²) >= 11 is 0. The Kier molecular flexibility index (Phi) is 5.36. The van der Waals surface area contributed by atoms with E-state index >= 15 is 0 Å². The molecule has 0 aliphatic carbocycles. The van der Waals surface area contributed by atoms with Crippen molar-refractivity contribution in [3.63, 3.8) is 0 Å². The van der Waals surface area contributed by atoms with Crippen LogP contribution in [-0.4, -0.2) is 31.1 Å². The van der Waals surface area contributed by atoms with E-state index in [1.165, 1.54) is 11.1 Å². The molecule has 0 saturated carbocycles. The van der Waals surface area contributed by atoms with Gasteiger partial charge in [0.25, 0.3) is 0 Å². The molecule has 1 aromatic rings. The molecule has 0 fully saturated rings. The highest BCUT2D eigenvalue weighted by molar-refractivity contribution is 5.80. The van der Waals surface area contributed by atoms with Crippen molar-refractivity contribution in [2.75, 3.05) is 19.1 Å². The molecule has 1 atom stereocenters. The molecule has 0 radical (unpaired) electrons. The summed E-state index contributed by atoms with van der Waals surface area (Å²) in [4.78, 5) is 11.5. The number of nitrogens with two attached hydrogens (primary N) is 1. The van der Waals surface area contributed by atoms with Crippen molar-refractivity contribution < 1.29 is 4.79 Å². The summed E-state index contributed by atoms with van der Waals surface area (Å²) in [5.41, 5.74) is 9.03. The SMILES string of the molecule is CCc1ccc(C)c(N(C)N(C)C(CC)C(N)=O)c1. The Labute approximate surface area is 116 Å². The standard InChI is InChI=1S/C15H25N3O/c1-6-12-9-8-11(3)14(10-12)18(5)17(4)13(7-2)15(16)19/h8-10,13H,6-7H2,1-5H3,(H2,16,19). The van der Waals surface area contributed by atoms with Crippen LogP contribution in [0.4, 0.5) is 5.69 Å². The molecule has 0 heterocycles. The van der Waals surface area contributed by atoms with Crippen molar-refractivity contribution in [2.45, 2.75) is 39.7 Å². The van der Waals surface area contributed by atoms with Gasteiger partial charge in [-0.25, -0.2) is 5.01 Å². The summed E-state index contributed by atoms with van der Waals surface area (Å²) < 4.78 is 0. The maximum absolute atomic E-state index is 11.5. The molecule has 0 saturated heterocycles. The van der Waals surface area contributed by atoms with Gasteiger partial charge in [0, 0.05) is 14.1 Å². The lowest BCUT2D eigenvalue weighted by molar-refractivity contribution is -0.123. The number of nitrogens with zero attached hydrogens (tertiary/aromatic N) is 2. The Hall–Kier alpha value is -1.55. The number of hydrogen-bond acceptors (Lipinski definition) is 3. The topological polar surface area (TPSA) is 49.6 Å². The van der Waals surface area contributed by atoms with E-state index < -0.39 is 0 Å². The van der Waals surface area contributed by atoms with Gasteiger partial charge in [-0.15, -0.1) is 0 Å². The first-order valence-corrected chi connectivity index (χ1v) is 6.77. The minimum absolute atomic E-state index is 0.283. The quantitative estimate of drug-likeness (QED) is 0.800. The van der Waals surface area contributed by atoms with Gasteiger partial charge in [-0.2, -0.15) is 0 Å². The maximum atomic E-state index is 11.5. The number of carbonyl (C=O) groups is 1. The van der Waals surface area contributed by atoms with E-state index in [4.69, 9.17) is 5.73 Å². The van der Waals surface area contributed by atoms with Gasteiger partial charge in [0.05, 0.1) is 5.69 Å². The monoisotopic (exact) mass is 263 g/mol. The van der Waals surface area contributed by atoms with E-state index in [0.717, 1.165) is 12.1 Å². The fourth-order valence-corrected chi connectivity index (χ4v) is 2.25. The highest BCUT2D eigenvalue weighted by Gasteiger charge is 2.22. The second-order valence-corrected chi connectivity index (χ2v) is 4.90. The fraction of sp³-hybridized carbons (Fsp3) is 0.533. The molecule has 0 aliphatic heterocycles. The average Bonchev–Trinajstić information content (AvgIpc) is 2.38. The molecular weight excluding hydrogens is 238 g/mol. The first-order valence-electron chi connectivity index (χ1n) is 6.77. The molecule has 1 unspecified atom stereocenters. The summed E-state index contributed by atoms with van der Waals surface area (Å²) in [6.45, 7) is 6.18. The van der Waals surface area contributed by atoms with E-state index in [2.05, 4.69) is 32.0 Å². The van der Waals surface area contributed by atoms with E-state index in [-0.39, 0.29) is 11.9 Å². The lowest BCUT2D eigenvalue weighted by atomic mass is 10.1. The zero-order chi connectivity index (χ0) is 14.6. The third kappa shape index (κ3) is 3.47. The Morgan fingerprint density at radius 1 is 1.32 bits per heavy atom. The van der Waals surface area contributed by atoms with Crippen molar-refractivity contribution in [3.8, 4) is 0 Å². The number of benzene rings is 1. The second kappa shape index (κ2) is 6.57. The van der Waals surface area contributed by atoms with Gasteiger partial charge in [-0.1, -0.05) is 26.0 Å². The van der Waals surface area contributed by atoms with Gasteiger partial charge >= 0.3 is 0 Å². The Morgan fingerprint density at radius 3 is 2.42 bits per heavy atom. The zero-order valence-corrected chi connectivity index (χ0v) is 12.6. The minimum Gasteiger partial charge on any atom is -0.368 e. The number of hydrazine groups is 1. The molecule has 106 valence electrons. The van der Waals surface area contributed by atoms with Gasteiger partial charge in [0.2, 0.25) is 5.91 Å². The number of amides is 1. The van der Waals surface area contributed by atoms with Crippen molar-refractivity contribution in [2.24, 2.45) is 5.73 Å². The van der Waals surface area contributed by atoms with Crippen LogP contribution in [0.1, 0.15) is 31.4 Å². The van der Waals surface area contributed by atoms with Gasteiger partial charge in [0.1, 0.15) is 6.04 Å². The maximum Gasteiger partial charge on any atom is 0.236 e. The highest BCUT2D eigenvalue weighted by atomic mass is 16.1. The number of primary amides is 1. The summed E-state index contributed by atoms with van der Waals surface area (Å²) in [7, 11) is 3.87. The van der Waals surface area contributed by atoms with E-state index in [9.17, 15) is 4.79 Å². The van der Waals surface area contributed by atoms with Gasteiger partial charge in [-0.3, -0.25) is 4.79 Å². The zero-order valence-electron chi connectivity index (χ0n) is 12.6. The molecule has 0 aromatic heterocycles. The van der Waals surface area contributed by atoms with Crippen molar-refractivity contribution in [3.05, 3.63) is 29.3 Å². The molecule has 19 heavy (non-hydrogen) atoms. The van der Waals surface area contributed by atoms with Crippen LogP contribution in [0.3, 0.4) is 0 Å². The number of rotatable bonds is 6. The Bertz CT molecular complexity index is 445. The van der Waals surface area contributed by atoms with E-state index in [1.807, 2.05) is 31.0 Å². The van der Waals surface area contributed by atoms with E-state index in [1.54, 1.807) is 0 Å². The lowest BCUT2D eigenvalue weighted by Gasteiger charge is -2.35. The third-order valence-corrected chi connectivity index (χ3v) is 3.67.